The normalized spacial score (nSPS) is 10.7. The van der Waals surface area contributed by atoms with E-state index in [1.807, 2.05) is 36.1 Å². The Bertz CT molecular complexity index is 432. The van der Waals surface area contributed by atoms with Crippen LogP contribution in [0, 0.1) is 0 Å². The van der Waals surface area contributed by atoms with E-state index in [-0.39, 0.29) is 12.5 Å². The van der Waals surface area contributed by atoms with Gasteiger partial charge in [-0.3, -0.25) is 9.69 Å². The SMILES string of the molecule is CCOc1ccccc1NC(=O)CN(CCOC)CCOC. The van der Waals surface area contributed by atoms with Crippen LogP contribution >= 0.6 is 0 Å². The number of rotatable bonds is 11. The highest BCUT2D eigenvalue weighted by molar-refractivity contribution is 5.93. The minimum atomic E-state index is -0.0839. The number of para-hydroxylation sites is 2. The summed E-state index contributed by atoms with van der Waals surface area (Å²) in [6.45, 7) is 5.27. The zero-order valence-corrected chi connectivity index (χ0v) is 13.6. The Balaban J connectivity index is 2.58. The number of amides is 1. The van der Waals surface area contributed by atoms with E-state index in [4.69, 9.17) is 14.2 Å². The van der Waals surface area contributed by atoms with Gasteiger partial charge < -0.3 is 19.5 Å². The Morgan fingerprint density at radius 1 is 1.14 bits per heavy atom. The van der Waals surface area contributed by atoms with Gasteiger partial charge in [0.25, 0.3) is 0 Å². The molecule has 0 fully saturated rings. The maximum atomic E-state index is 12.2. The largest absolute Gasteiger partial charge is 0.492 e. The van der Waals surface area contributed by atoms with Crippen molar-refractivity contribution in [3.63, 3.8) is 0 Å². The fraction of sp³-hybridized carbons (Fsp3) is 0.562. The van der Waals surface area contributed by atoms with Crippen LogP contribution in [0.5, 0.6) is 5.75 Å². The number of methoxy groups -OCH3 is 2. The first-order chi connectivity index (χ1) is 10.7. The third kappa shape index (κ3) is 6.89. The van der Waals surface area contributed by atoms with Gasteiger partial charge in [0.05, 0.1) is 32.1 Å². The lowest BCUT2D eigenvalue weighted by Crippen LogP contribution is -2.37. The van der Waals surface area contributed by atoms with Crippen molar-refractivity contribution in [2.75, 3.05) is 59.0 Å². The summed E-state index contributed by atoms with van der Waals surface area (Å²) < 4.78 is 15.6. The molecule has 0 aliphatic rings. The van der Waals surface area contributed by atoms with Crippen molar-refractivity contribution in [3.8, 4) is 5.75 Å². The predicted octanol–water partition coefficient (Wildman–Crippen LogP) is 1.62. The van der Waals surface area contributed by atoms with Gasteiger partial charge in [0.1, 0.15) is 5.75 Å². The molecule has 1 aromatic carbocycles. The third-order valence-electron chi connectivity index (χ3n) is 3.05. The summed E-state index contributed by atoms with van der Waals surface area (Å²) in [5, 5.41) is 2.89. The number of carbonyl (C=O) groups is 1. The smallest absolute Gasteiger partial charge is 0.238 e. The molecule has 1 aromatic rings. The number of carbonyl (C=O) groups excluding carboxylic acids is 1. The minimum Gasteiger partial charge on any atom is -0.492 e. The van der Waals surface area contributed by atoms with Crippen molar-refractivity contribution in [2.45, 2.75) is 6.92 Å². The number of nitrogens with one attached hydrogen (secondary N) is 1. The Kier molecular flexibility index (Phi) is 9.21. The second-order valence-corrected chi connectivity index (χ2v) is 4.74. The second-order valence-electron chi connectivity index (χ2n) is 4.74. The van der Waals surface area contributed by atoms with Crippen molar-refractivity contribution < 1.29 is 19.0 Å². The molecule has 1 amide bonds. The van der Waals surface area contributed by atoms with E-state index in [1.165, 1.54) is 0 Å². The molecule has 0 saturated carbocycles. The molecule has 6 nitrogen and oxygen atoms in total. The second kappa shape index (κ2) is 11.0. The minimum absolute atomic E-state index is 0.0839. The van der Waals surface area contributed by atoms with Crippen molar-refractivity contribution in [1.29, 1.82) is 0 Å². The molecule has 0 atom stereocenters. The average molecular weight is 310 g/mol. The van der Waals surface area contributed by atoms with Crippen LogP contribution in [0.2, 0.25) is 0 Å². The van der Waals surface area contributed by atoms with Crippen LogP contribution in [0.4, 0.5) is 5.69 Å². The van der Waals surface area contributed by atoms with Crippen LogP contribution < -0.4 is 10.1 Å². The van der Waals surface area contributed by atoms with Gasteiger partial charge in [-0.15, -0.1) is 0 Å². The molecule has 1 rings (SSSR count). The average Bonchev–Trinajstić information content (AvgIpc) is 2.52. The topological polar surface area (TPSA) is 60.0 Å². The van der Waals surface area contributed by atoms with E-state index in [9.17, 15) is 4.79 Å². The van der Waals surface area contributed by atoms with Crippen LogP contribution in [0.15, 0.2) is 24.3 Å². The number of ether oxygens (including phenoxy) is 3. The summed E-state index contributed by atoms with van der Waals surface area (Å²) in [5.74, 6) is 0.595. The Morgan fingerprint density at radius 3 is 2.36 bits per heavy atom. The Hall–Kier alpha value is -1.63. The molecule has 0 aliphatic carbocycles. The molecule has 124 valence electrons. The van der Waals surface area contributed by atoms with E-state index < -0.39 is 0 Å². The zero-order chi connectivity index (χ0) is 16.2. The molecule has 0 spiro atoms. The third-order valence-corrected chi connectivity index (χ3v) is 3.05. The number of anilines is 1. The molecule has 6 heteroatoms. The molecule has 0 radical (unpaired) electrons. The number of nitrogens with zero attached hydrogens (tertiary/aromatic N) is 1. The van der Waals surface area contributed by atoms with Gasteiger partial charge >= 0.3 is 0 Å². The molecule has 22 heavy (non-hydrogen) atoms. The molecular weight excluding hydrogens is 284 g/mol. The van der Waals surface area contributed by atoms with Gasteiger partial charge in [0.2, 0.25) is 5.91 Å². The molecule has 0 aliphatic heterocycles. The molecular formula is C16H26N2O4. The fourth-order valence-electron chi connectivity index (χ4n) is 1.95. The zero-order valence-electron chi connectivity index (χ0n) is 13.6. The fourth-order valence-corrected chi connectivity index (χ4v) is 1.95. The van der Waals surface area contributed by atoms with Crippen molar-refractivity contribution >= 4 is 11.6 Å². The molecule has 0 unspecified atom stereocenters. The highest BCUT2D eigenvalue weighted by Gasteiger charge is 2.12. The van der Waals surface area contributed by atoms with Crippen LogP contribution in [0.25, 0.3) is 0 Å². The summed E-state index contributed by atoms with van der Waals surface area (Å²) in [5.41, 5.74) is 0.688. The molecule has 0 bridgehead atoms. The van der Waals surface area contributed by atoms with Gasteiger partial charge in [0.15, 0.2) is 0 Å². The first kappa shape index (κ1) is 18.4. The van der Waals surface area contributed by atoms with E-state index in [1.54, 1.807) is 14.2 Å². The quantitative estimate of drug-likeness (QED) is 0.673. The number of hydrogen-bond acceptors (Lipinski definition) is 5. The van der Waals surface area contributed by atoms with Crippen LogP contribution in [0.3, 0.4) is 0 Å². The van der Waals surface area contributed by atoms with Gasteiger partial charge in [0, 0.05) is 27.3 Å². The standard InChI is InChI=1S/C16H26N2O4/c1-4-22-15-8-6-5-7-14(15)17-16(19)13-18(9-11-20-2)10-12-21-3/h5-8H,4,9-13H2,1-3H3,(H,17,19). The highest BCUT2D eigenvalue weighted by Crippen LogP contribution is 2.23. The van der Waals surface area contributed by atoms with E-state index in [2.05, 4.69) is 5.32 Å². The Labute approximate surface area is 132 Å². The molecule has 0 aromatic heterocycles. The van der Waals surface area contributed by atoms with E-state index in [0.29, 0.717) is 44.3 Å². The summed E-state index contributed by atoms with van der Waals surface area (Å²) in [7, 11) is 3.29. The lowest BCUT2D eigenvalue weighted by atomic mass is 10.3. The van der Waals surface area contributed by atoms with Gasteiger partial charge in [-0.2, -0.15) is 0 Å². The number of benzene rings is 1. The molecule has 1 N–H and O–H groups in total. The summed E-state index contributed by atoms with van der Waals surface area (Å²) in [6.07, 6.45) is 0. The van der Waals surface area contributed by atoms with Crippen LogP contribution in [0.1, 0.15) is 6.92 Å². The van der Waals surface area contributed by atoms with Crippen molar-refractivity contribution in [1.82, 2.24) is 4.90 Å². The molecule has 0 heterocycles. The summed E-state index contributed by atoms with van der Waals surface area (Å²) in [4.78, 5) is 14.2. The van der Waals surface area contributed by atoms with Crippen LogP contribution in [-0.4, -0.2) is 64.5 Å². The van der Waals surface area contributed by atoms with Gasteiger partial charge in [-0.1, -0.05) is 12.1 Å². The number of hydrogen-bond donors (Lipinski definition) is 1. The predicted molar refractivity (Wildman–Crippen MR) is 86.4 cm³/mol. The van der Waals surface area contributed by atoms with Crippen molar-refractivity contribution in [3.05, 3.63) is 24.3 Å². The maximum Gasteiger partial charge on any atom is 0.238 e. The summed E-state index contributed by atoms with van der Waals surface area (Å²) in [6, 6.07) is 7.42. The van der Waals surface area contributed by atoms with E-state index in [0.717, 1.165) is 0 Å². The monoisotopic (exact) mass is 310 g/mol. The first-order valence-corrected chi connectivity index (χ1v) is 7.43. The highest BCUT2D eigenvalue weighted by atomic mass is 16.5. The maximum absolute atomic E-state index is 12.2. The Morgan fingerprint density at radius 2 is 1.77 bits per heavy atom. The van der Waals surface area contributed by atoms with Gasteiger partial charge in [-0.05, 0) is 19.1 Å². The van der Waals surface area contributed by atoms with Gasteiger partial charge in [-0.25, -0.2) is 0 Å². The van der Waals surface area contributed by atoms with Crippen LogP contribution in [-0.2, 0) is 14.3 Å². The lowest BCUT2D eigenvalue weighted by Gasteiger charge is -2.21. The summed E-state index contributed by atoms with van der Waals surface area (Å²) >= 11 is 0. The molecule has 0 saturated heterocycles. The van der Waals surface area contributed by atoms with Crippen molar-refractivity contribution in [2.24, 2.45) is 0 Å². The lowest BCUT2D eigenvalue weighted by molar-refractivity contribution is -0.117. The van der Waals surface area contributed by atoms with E-state index >= 15 is 0 Å². The first-order valence-electron chi connectivity index (χ1n) is 7.43.